The highest BCUT2D eigenvalue weighted by atomic mass is 16.5. The summed E-state index contributed by atoms with van der Waals surface area (Å²) < 4.78 is 6.48. The Morgan fingerprint density at radius 3 is 2.70 bits per heavy atom. The summed E-state index contributed by atoms with van der Waals surface area (Å²) in [6.45, 7) is 2.05. The van der Waals surface area contributed by atoms with E-state index in [-0.39, 0.29) is 11.3 Å². The van der Waals surface area contributed by atoms with Crippen LogP contribution < -0.4 is 10.9 Å². The number of carbonyl (C=O) groups excluding carboxylic acids is 1. The molecule has 0 bridgehead atoms. The molecule has 0 fully saturated rings. The Morgan fingerprint density at radius 2 is 1.85 bits per heavy atom. The second kappa shape index (κ2) is 6.87. The summed E-state index contributed by atoms with van der Waals surface area (Å²) in [5, 5.41) is 3.64. The van der Waals surface area contributed by atoms with Crippen molar-refractivity contribution in [3.05, 3.63) is 76.7 Å². The van der Waals surface area contributed by atoms with Gasteiger partial charge in [-0.1, -0.05) is 24.3 Å². The molecule has 0 saturated heterocycles. The fraction of sp³-hybridized carbons (Fsp3) is 0.100. The zero-order valence-corrected chi connectivity index (χ0v) is 14.5. The molecule has 0 aliphatic carbocycles. The first-order valence-electron chi connectivity index (χ1n) is 8.48. The maximum atomic E-state index is 12.6. The van der Waals surface area contributed by atoms with Crippen LogP contribution in [0.4, 0.5) is 11.5 Å². The lowest BCUT2D eigenvalue weighted by molar-refractivity contribution is 0.0527. The lowest BCUT2D eigenvalue weighted by atomic mass is 10.2. The van der Waals surface area contributed by atoms with E-state index in [0.717, 1.165) is 0 Å². The first-order chi connectivity index (χ1) is 13.2. The topological polar surface area (TPSA) is 85.6 Å². The predicted molar refractivity (Wildman–Crippen MR) is 102 cm³/mol. The van der Waals surface area contributed by atoms with E-state index in [1.807, 2.05) is 12.1 Å². The van der Waals surface area contributed by atoms with Gasteiger partial charge < -0.3 is 10.1 Å². The number of nitrogens with one attached hydrogen (secondary N) is 1. The van der Waals surface area contributed by atoms with Gasteiger partial charge in [0.2, 0.25) is 5.78 Å². The van der Waals surface area contributed by atoms with E-state index in [4.69, 9.17) is 4.74 Å². The van der Waals surface area contributed by atoms with Crippen molar-refractivity contribution >= 4 is 34.2 Å². The highest BCUT2D eigenvalue weighted by molar-refractivity contribution is 5.96. The molecule has 0 amide bonds. The fourth-order valence-corrected chi connectivity index (χ4v) is 2.82. The molecule has 2 aromatic heterocycles. The molecule has 0 aliphatic rings. The Kier molecular flexibility index (Phi) is 4.25. The number of para-hydroxylation sites is 2. The summed E-state index contributed by atoms with van der Waals surface area (Å²) in [6, 6.07) is 15.8. The van der Waals surface area contributed by atoms with Gasteiger partial charge in [-0.25, -0.2) is 9.78 Å². The summed E-state index contributed by atoms with van der Waals surface area (Å²) in [5.41, 5.74) is 1.38. The van der Waals surface area contributed by atoms with Gasteiger partial charge in [0.25, 0.3) is 5.56 Å². The minimum atomic E-state index is -0.415. The quantitative estimate of drug-likeness (QED) is 0.444. The number of nitrogens with zero attached hydrogens (tertiary/aromatic N) is 3. The summed E-state index contributed by atoms with van der Waals surface area (Å²) >= 11 is 0. The Hall–Kier alpha value is -3.74. The van der Waals surface area contributed by atoms with Crippen LogP contribution in [0.15, 0.2) is 65.6 Å². The molecule has 4 aromatic rings. The molecule has 7 heteroatoms. The lowest BCUT2D eigenvalue weighted by Crippen LogP contribution is -2.16. The molecule has 27 heavy (non-hydrogen) atoms. The highest BCUT2D eigenvalue weighted by Gasteiger charge is 2.13. The number of fused-ring (bicyclic) bond motifs is 2. The minimum absolute atomic E-state index is 0.179. The Balaban J connectivity index is 1.77. The Morgan fingerprint density at radius 1 is 1.07 bits per heavy atom. The molecule has 1 N–H and O–H groups in total. The van der Waals surface area contributed by atoms with E-state index in [9.17, 15) is 9.59 Å². The molecular formula is C20H16N4O3. The molecule has 0 spiro atoms. The van der Waals surface area contributed by atoms with E-state index < -0.39 is 5.97 Å². The van der Waals surface area contributed by atoms with Gasteiger partial charge in [0.05, 0.1) is 28.8 Å². The van der Waals surface area contributed by atoms with Crippen LogP contribution in [-0.4, -0.2) is 26.9 Å². The molecular weight excluding hydrogens is 344 g/mol. The van der Waals surface area contributed by atoms with Gasteiger partial charge in [-0.05, 0) is 37.3 Å². The molecule has 7 nitrogen and oxygen atoms in total. The van der Waals surface area contributed by atoms with Crippen LogP contribution in [-0.2, 0) is 4.74 Å². The first kappa shape index (κ1) is 16.7. The van der Waals surface area contributed by atoms with Crippen LogP contribution in [0.5, 0.6) is 0 Å². The van der Waals surface area contributed by atoms with Crippen LogP contribution in [0.3, 0.4) is 0 Å². The molecule has 134 valence electrons. The van der Waals surface area contributed by atoms with Crippen molar-refractivity contribution in [3.8, 4) is 0 Å². The smallest absolute Gasteiger partial charge is 0.340 e. The second-order valence-electron chi connectivity index (χ2n) is 5.81. The molecule has 0 saturated carbocycles. The number of carbonyl (C=O) groups is 1. The van der Waals surface area contributed by atoms with E-state index in [1.165, 1.54) is 4.40 Å². The van der Waals surface area contributed by atoms with Crippen LogP contribution in [0.2, 0.25) is 0 Å². The van der Waals surface area contributed by atoms with Crippen molar-refractivity contribution in [1.82, 2.24) is 14.4 Å². The lowest BCUT2D eigenvalue weighted by Gasteiger charge is -2.11. The third kappa shape index (κ3) is 3.10. The third-order valence-corrected chi connectivity index (χ3v) is 4.08. The Labute approximate surface area is 154 Å². The van der Waals surface area contributed by atoms with Gasteiger partial charge >= 0.3 is 5.97 Å². The summed E-state index contributed by atoms with van der Waals surface area (Å²) in [7, 11) is 0. The van der Waals surface area contributed by atoms with Crippen LogP contribution >= 0.6 is 0 Å². The van der Waals surface area contributed by atoms with Crippen molar-refractivity contribution in [3.63, 3.8) is 0 Å². The number of hydrogen-bond acceptors (Lipinski definition) is 6. The van der Waals surface area contributed by atoms with E-state index >= 15 is 0 Å². The number of rotatable bonds is 4. The SMILES string of the molecule is CCOC(=O)c1ccccc1Nc1ccn2c(=O)c3ccccc3nc2n1. The van der Waals surface area contributed by atoms with Crippen molar-refractivity contribution in [2.75, 3.05) is 11.9 Å². The summed E-state index contributed by atoms with van der Waals surface area (Å²) in [4.78, 5) is 33.6. The largest absolute Gasteiger partial charge is 0.462 e. The van der Waals surface area contributed by atoms with Gasteiger partial charge in [0.1, 0.15) is 5.82 Å². The normalized spacial score (nSPS) is 10.9. The molecule has 4 rings (SSSR count). The molecule has 0 atom stereocenters. The van der Waals surface area contributed by atoms with E-state index in [1.54, 1.807) is 55.6 Å². The average molecular weight is 360 g/mol. The number of benzene rings is 2. The maximum Gasteiger partial charge on any atom is 0.340 e. The van der Waals surface area contributed by atoms with Crippen LogP contribution in [0.25, 0.3) is 16.7 Å². The number of anilines is 2. The average Bonchev–Trinajstić information content (AvgIpc) is 2.69. The summed E-state index contributed by atoms with van der Waals surface area (Å²) in [6.07, 6.45) is 1.61. The number of ether oxygens (including phenoxy) is 1. The van der Waals surface area contributed by atoms with Crippen molar-refractivity contribution in [2.45, 2.75) is 6.92 Å². The fourth-order valence-electron chi connectivity index (χ4n) is 2.82. The zero-order chi connectivity index (χ0) is 18.8. The molecule has 0 radical (unpaired) electrons. The second-order valence-corrected chi connectivity index (χ2v) is 5.81. The number of hydrogen-bond donors (Lipinski definition) is 1. The van der Waals surface area contributed by atoms with Crippen molar-refractivity contribution in [1.29, 1.82) is 0 Å². The van der Waals surface area contributed by atoms with Gasteiger partial charge in [0.15, 0.2) is 0 Å². The third-order valence-electron chi connectivity index (χ3n) is 4.08. The van der Waals surface area contributed by atoms with Crippen LogP contribution in [0.1, 0.15) is 17.3 Å². The number of aromatic nitrogens is 3. The first-order valence-corrected chi connectivity index (χ1v) is 8.48. The molecule has 0 unspecified atom stereocenters. The van der Waals surface area contributed by atoms with Crippen molar-refractivity contribution in [2.24, 2.45) is 0 Å². The van der Waals surface area contributed by atoms with E-state index in [2.05, 4.69) is 15.3 Å². The van der Waals surface area contributed by atoms with Gasteiger partial charge in [-0.2, -0.15) is 4.98 Å². The standard InChI is InChI=1S/C20H16N4O3/c1-2-27-19(26)14-8-4-6-10-16(14)21-17-11-12-24-18(25)13-7-3-5-9-15(13)22-20(24)23-17/h3-12H,2H2,1H3,(H,21,22,23). The van der Waals surface area contributed by atoms with Gasteiger partial charge in [-0.15, -0.1) is 0 Å². The van der Waals surface area contributed by atoms with Gasteiger partial charge in [-0.3, -0.25) is 9.20 Å². The number of esters is 1. The molecule has 2 aromatic carbocycles. The van der Waals surface area contributed by atoms with Crippen molar-refractivity contribution < 1.29 is 9.53 Å². The minimum Gasteiger partial charge on any atom is -0.462 e. The molecule has 0 aliphatic heterocycles. The summed E-state index contributed by atoms with van der Waals surface area (Å²) in [5.74, 6) is 0.327. The van der Waals surface area contributed by atoms with Crippen LogP contribution in [0, 0.1) is 0 Å². The van der Waals surface area contributed by atoms with Gasteiger partial charge in [0, 0.05) is 6.20 Å². The maximum absolute atomic E-state index is 12.6. The highest BCUT2D eigenvalue weighted by Crippen LogP contribution is 2.21. The Bertz CT molecular complexity index is 1220. The monoisotopic (exact) mass is 360 g/mol. The molecule has 2 heterocycles. The van der Waals surface area contributed by atoms with E-state index in [0.29, 0.717) is 34.6 Å². The zero-order valence-electron chi connectivity index (χ0n) is 14.5. The predicted octanol–water partition coefficient (Wildman–Crippen LogP) is 3.16.